The average Bonchev–Trinajstić information content (AvgIpc) is 3.22. The van der Waals surface area contributed by atoms with Crippen LogP contribution >= 0.6 is 0 Å². The van der Waals surface area contributed by atoms with E-state index in [9.17, 15) is 9.59 Å². The highest BCUT2D eigenvalue weighted by atomic mass is 16.2. The van der Waals surface area contributed by atoms with Crippen LogP contribution in [0.1, 0.15) is 42.7 Å². The first-order valence-corrected chi connectivity index (χ1v) is 9.36. The predicted octanol–water partition coefficient (Wildman–Crippen LogP) is 3.29. The van der Waals surface area contributed by atoms with Gasteiger partial charge < -0.3 is 16.0 Å². The van der Waals surface area contributed by atoms with E-state index in [0.29, 0.717) is 11.3 Å². The van der Waals surface area contributed by atoms with Gasteiger partial charge in [0, 0.05) is 6.04 Å². The van der Waals surface area contributed by atoms with E-state index in [1.165, 1.54) is 6.33 Å². The molecule has 0 saturated heterocycles. The lowest BCUT2D eigenvalue weighted by Gasteiger charge is -2.17. The van der Waals surface area contributed by atoms with Crippen molar-refractivity contribution < 1.29 is 9.59 Å². The minimum Gasteiger partial charge on any atom is -0.345 e. The van der Waals surface area contributed by atoms with Crippen molar-refractivity contribution in [1.82, 2.24) is 25.4 Å². The van der Waals surface area contributed by atoms with Gasteiger partial charge in [-0.05, 0) is 50.6 Å². The molecule has 8 heteroatoms. The van der Waals surface area contributed by atoms with Gasteiger partial charge in [0.1, 0.15) is 12.7 Å². The maximum absolute atomic E-state index is 12.8. The fourth-order valence-electron chi connectivity index (χ4n) is 2.83. The fourth-order valence-corrected chi connectivity index (χ4v) is 2.83. The highest BCUT2D eigenvalue weighted by molar-refractivity contribution is 6.03. The van der Waals surface area contributed by atoms with Crippen molar-refractivity contribution in [3.05, 3.63) is 72.3 Å². The zero-order valence-corrected chi connectivity index (χ0v) is 16.6. The van der Waals surface area contributed by atoms with Gasteiger partial charge in [-0.1, -0.05) is 24.3 Å². The van der Waals surface area contributed by atoms with E-state index in [2.05, 4.69) is 26.0 Å². The number of anilines is 1. The van der Waals surface area contributed by atoms with Gasteiger partial charge in [0.05, 0.1) is 23.0 Å². The summed E-state index contributed by atoms with van der Waals surface area (Å²) in [6.07, 6.45) is 3.10. The molecule has 8 nitrogen and oxygen atoms in total. The summed E-state index contributed by atoms with van der Waals surface area (Å²) in [5, 5.41) is 12.6. The Morgan fingerprint density at radius 3 is 2.34 bits per heavy atom. The van der Waals surface area contributed by atoms with Crippen molar-refractivity contribution in [2.24, 2.45) is 0 Å². The lowest BCUT2D eigenvalue weighted by atomic mass is 10.1. The zero-order valence-electron chi connectivity index (χ0n) is 16.6. The number of carbonyl (C=O) groups is 2. The number of para-hydroxylation sites is 1. The Morgan fingerprint density at radius 2 is 1.69 bits per heavy atom. The van der Waals surface area contributed by atoms with Crippen molar-refractivity contribution in [3.8, 4) is 5.69 Å². The van der Waals surface area contributed by atoms with Crippen LogP contribution in [0.4, 0.5) is 10.5 Å². The molecule has 0 saturated carbocycles. The third-order valence-corrected chi connectivity index (χ3v) is 4.26. The van der Waals surface area contributed by atoms with Crippen LogP contribution in [0.15, 0.2) is 61.2 Å². The number of hydrogen-bond acceptors (Lipinski definition) is 4. The van der Waals surface area contributed by atoms with E-state index in [1.54, 1.807) is 35.3 Å². The van der Waals surface area contributed by atoms with Crippen LogP contribution in [0.2, 0.25) is 0 Å². The molecule has 1 atom stereocenters. The van der Waals surface area contributed by atoms with Crippen molar-refractivity contribution >= 4 is 17.6 Å². The molecule has 1 heterocycles. The van der Waals surface area contributed by atoms with Crippen LogP contribution in [0, 0.1) is 0 Å². The third-order valence-electron chi connectivity index (χ3n) is 4.26. The molecule has 29 heavy (non-hydrogen) atoms. The molecule has 3 aromatic rings. The third kappa shape index (κ3) is 5.19. The number of benzene rings is 2. The first-order chi connectivity index (χ1) is 13.9. The normalized spacial score (nSPS) is 11.7. The van der Waals surface area contributed by atoms with Gasteiger partial charge in [-0.3, -0.25) is 4.79 Å². The van der Waals surface area contributed by atoms with E-state index in [4.69, 9.17) is 0 Å². The van der Waals surface area contributed by atoms with Crippen molar-refractivity contribution in [2.45, 2.75) is 32.9 Å². The first-order valence-electron chi connectivity index (χ1n) is 9.36. The number of amides is 3. The second kappa shape index (κ2) is 9.01. The largest absolute Gasteiger partial charge is 0.345 e. The standard InChI is InChI=1S/C21H24N6O2/c1-14(2)24-21(29)26-19-7-5-4-6-18(19)20(28)25-15(3)16-8-10-17(11-9-16)27-13-22-12-23-27/h4-15H,1-3H3,(H,25,28)(H2,24,26,29). The minimum absolute atomic E-state index is 0.00324. The summed E-state index contributed by atoms with van der Waals surface area (Å²) in [5.74, 6) is -0.265. The number of urea groups is 1. The highest BCUT2D eigenvalue weighted by Crippen LogP contribution is 2.19. The number of carbonyl (C=O) groups excluding carboxylic acids is 2. The van der Waals surface area contributed by atoms with Gasteiger partial charge in [0.15, 0.2) is 0 Å². The molecule has 1 unspecified atom stereocenters. The minimum atomic E-state index is -0.350. The molecule has 0 spiro atoms. The summed E-state index contributed by atoms with van der Waals surface area (Å²) < 4.78 is 1.66. The molecular weight excluding hydrogens is 368 g/mol. The Labute approximate surface area is 169 Å². The quantitative estimate of drug-likeness (QED) is 0.599. The SMILES string of the molecule is CC(C)NC(=O)Nc1ccccc1C(=O)NC(C)c1ccc(-n2cncn2)cc1. The van der Waals surface area contributed by atoms with E-state index < -0.39 is 0 Å². The van der Waals surface area contributed by atoms with Crippen LogP contribution < -0.4 is 16.0 Å². The smallest absolute Gasteiger partial charge is 0.319 e. The summed E-state index contributed by atoms with van der Waals surface area (Å²) in [6.45, 7) is 5.64. The molecule has 0 aliphatic heterocycles. The zero-order chi connectivity index (χ0) is 20.8. The van der Waals surface area contributed by atoms with Crippen molar-refractivity contribution in [3.63, 3.8) is 0 Å². The number of nitrogens with one attached hydrogen (secondary N) is 3. The number of nitrogens with zero attached hydrogens (tertiary/aromatic N) is 3. The molecule has 0 aliphatic rings. The molecule has 0 radical (unpaired) electrons. The Kier molecular flexibility index (Phi) is 6.23. The van der Waals surface area contributed by atoms with Crippen LogP contribution in [-0.2, 0) is 0 Å². The Morgan fingerprint density at radius 1 is 0.966 bits per heavy atom. The number of hydrogen-bond donors (Lipinski definition) is 3. The monoisotopic (exact) mass is 392 g/mol. The second-order valence-corrected chi connectivity index (χ2v) is 6.93. The Bertz CT molecular complexity index is 967. The first kappa shape index (κ1) is 20.1. The summed E-state index contributed by atoms with van der Waals surface area (Å²) in [6, 6.07) is 14.0. The fraction of sp³-hybridized carbons (Fsp3) is 0.238. The second-order valence-electron chi connectivity index (χ2n) is 6.93. The lowest BCUT2D eigenvalue weighted by molar-refractivity contribution is 0.0941. The van der Waals surface area contributed by atoms with E-state index in [0.717, 1.165) is 11.3 Å². The van der Waals surface area contributed by atoms with Gasteiger partial charge >= 0.3 is 6.03 Å². The Hall–Kier alpha value is -3.68. The van der Waals surface area contributed by atoms with Crippen LogP contribution in [0.5, 0.6) is 0 Å². The van der Waals surface area contributed by atoms with E-state index in [1.807, 2.05) is 45.0 Å². The topological polar surface area (TPSA) is 101 Å². The molecular formula is C21H24N6O2. The van der Waals surface area contributed by atoms with E-state index in [-0.39, 0.29) is 24.0 Å². The maximum Gasteiger partial charge on any atom is 0.319 e. The van der Waals surface area contributed by atoms with E-state index >= 15 is 0 Å². The molecule has 0 bridgehead atoms. The van der Waals surface area contributed by atoms with Crippen molar-refractivity contribution in [1.29, 1.82) is 0 Å². The highest BCUT2D eigenvalue weighted by Gasteiger charge is 2.16. The molecule has 0 aliphatic carbocycles. The van der Waals surface area contributed by atoms with Gasteiger partial charge in [0.25, 0.3) is 5.91 Å². The number of aromatic nitrogens is 3. The number of rotatable bonds is 6. The Balaban J connectivity index is 1.69. The van der Waals surface area contributed by atoms with Crippen LogP contribution in [0.3, 0.4) is 0 Å². The molecule has 1 aromatic heterocycles. The summed E-state index contributed by atoms with van der Waals surface area (Å²) >= 11 is 0. The molecule has 3 amide bonds. The van der Waals surface area contributed by atoms with Gasteiger partial charge in [0.2, 0.25) is 0 Å². The van der Waals surface area contributed by atoms with Gasteiger partial charge in [-0.15, -0.1) is 0 Å². The summed E-state index contributed by atoms with van der Waals surface area (Å²) in [5.41, 5.74) is 2.69. The van der Waals surface area contributed by atoms with Gasteiger partial charge in [-0.25, -0.2) is 14.5 Å². The molecule has 150 valence electrons. The molecule has 3 N–H and O–H groups in total. The average molecular weight is 392 g/mol. The molecule has 2 aromatic carbocycles. The molecule has 3 rings (SSSR count). The maximum atomic E-state index is 12.8. The van der Waals surface area contributed by atoms with Crippen LogP contribution in [0.25, 0.3) is 5.69 Å². The predicted molar refractivity (Wildman–Crippen MR) is 111 cm³/mol. The van der Waals surface area contributed by atoms with Gasteiger partial charge in [-0.2, -0.15) is 5.10 Å². The molecule has 0 fully saturated rings. The van der Waals surface area contributed by atoms with Crippen LogP contribution in [-0.4, -0.2) is 32.7 Å². The summed E-state index contributed by atoms with van der Waals surface area (Å²) in [7, 11) is 0. The lowest BCUT2D eigenvalue weighted by Crippen LogP contribution is -2.35. The summed E-state index contributed by atoms with van der Waals surface area (Å²) in [4.78, 5) is 28.7. The van der Waals surface area contributed by atoms with Crippen molar-refractivity contribution in [2.75, 3.05) is 5.32 Å².